The zero-order chi connectivity index (χ0) is 19.1. The van der Waals surface area contributed by atoms with Crippen LogP contribution in [0.25, 0.3) is 10.2 Å². The van der Waals surface area contributed by atoms with Crippen molar-refractivity contribution in [3.63, 3.8) is 0 Å². The third kappa shape index (κ3) is 3.55. The van der Waals surface area contributed by atoms with Crippen molar-refractivity contribution in [1.29, 1.82) is 0 Å². The molecule has 27 heavy (non-hydrogen) atoms. The lowest BCUT2D eigenvalue weighted by Gasteiger charge is -2.36. The molecule has 2 heterocycles. The Morgan fingerprint density at radius 1 is 1.04 bits per heavy atom. The second-order valence-corrected chi connectivity index (χ2v) is 8.51. The first-order chi connectivity index (χ1) is 12.9. The largest absolute Gasteiger partial charge is 0.375 e. The maximum absolute atomic E-state index is 12.8. The Bertz CT molecular complexity index is 1030. The van der Waals surface area contributed by atoms with E-state index >= 15 is 0 Å². The number of carbonyl (C=O) groups excluding carboxylic acids is 1. The molecule has 1 amide bonds. The molecule has 1 fully saturated rings. The highest BCUT2D eigenvalue weighted by Gasteiger charge is 2.26. The van der Waals surface area contributed by atoms with Gasteiger partial charge in [-0.25, -0.2) is 4.98 Å². The summed E-state index contributed by atoms with van der Waals surface area (Å²) in [6.07, 6.45) is 0. The van der Waals surface area contributed by atoms with E-state index in [0.29, 0.717) is 51.9 Å². The van der Waals surface area contributed by atoms with E-state index in [2.05, 4.69) is 9.88 Å². The van der Waals surface area contributed by atoms with Gasteiger partial charge in [0, 0.05) is 31.2 Å². The molecule has 2 aromatic carbocycles. The molecule has 1 aromatic heterocycles. The van der Waals surface area contributed by atoms with Gasteiger partial charge in [0.05, 0.1) is 26.0 Å². The lowest BCUT2D eigenvalue weighted by Crippen LogP contribution is -2.49. The molecule has 0 saturated carbocycles. The molecule has 0 unspecified atom stereocenters. The average Bonchev–Trinajstić information content (AvgIpc) is 3.01. The summed E-state index contributed by atoms with van der Waals surface area (Å²) >= 11 is 20.0. The van der Waals surface area contributed by atoms with Crippen LogP contribution in [0.2, 0.25) is 15.1 Å². The van der Waals surface area contributed by atoms with Gasteiger partial charge in [-0.05, 0) is 30.3 Å². The van der Waals surface area contributed by atoms with Crippen molar-refractivity contribution in [2.24, 2.45) is 0 Å². The predicted octanol–water partition coefficient (Wildman–Crippen LogP) is 4.80. The van der Waals surface area contributed by atoms with Crippen LogP contribution in [-0.4, -0.2) is 42.0 Å². The molecule has 5 nitrogen and oxygen atoms in total. The molecule has 1 saturated heterocycles. The molecule has 0 radical (unpaired) electrons. The van der Waals surface area contributed by atoms with Crippen molar-refractivity contribution in [2.75, 3.05) is 36.8 Å². The summed E-state index contributed by atoms with van der Waals surface area (Å²) in [5, 5.41) is 2.01. The number of amides is 1. The molecule has 4 rings (SSSR count). The zero-order valence-electron chi connectivity index (χ0n) is 14.1. The Kier molecular flexibility index (Phi) is 5.07. The Labute approximate surface area is 175 Å². The summed E-state index contributed by atoms with van der Waals surface area (Å²) in [5.41, 5.74) is 8.01. The standard InChI is InChI=1S/C18H15Cl3N4OS/c19-10-1-2-11(13(21)9-10)17(26)25-7-5-24(6-8-25)16-12(20)3-4-14-15(16)23-18(22)27-14/h1-4,9H,5-8H2,(H2,22,23). The first kappa shape index (κ1) is 18.6. The minimum Gasteiger partial charge on any atom is -0.375 e. The van der Waals surface area contributed by atoms with Crippen LogP contribution >= 0.6 is 46.1 Å². The number of aromatic nitrogens is 1. The van der Waals surface area contributed by atoms with Crippen molar-refractivity contribution >= 4 is 73.1 Å². The fourth-order valence-electron chi connectivity index (χ4n) is 3.24. The Hall–Kier alpha value is -1.73. The first-order valence-electron chi connectivity index (χ1n) is 8.28. The number of rotatable bonds is 2. The fourth-order valence-corrected chi connectivity index (χ4v) is 4.74. The lowest BCUT2D eigenvalue weighted by atomic mass is 10.1. The third-order valence-electron chi connectivity index (χ3n) is 4.55. The summed E-state index contributed by atoms with van der Waals surface area (Å²) in [6.45, 7) is 2.41. The molecule has 0 atom stereocenters. The van der Waals surface area contributed by atoms with Gasteiger partial charge >= 0.3 is 0 Å². The number of hydrogen-bond acceptors (Lipinski definition) is 5. The Morgan fingerprint density at radius 2 is 1.78 bits per heavy atom. The van der Waals surface area contributed by atoms with Crippen LogP contribution in [0.5, 0.6) is 0 Å². The number of nitrogens with two attached hydrogens (primary N) is 1. The quantitative estimate of drug-likeness (QED) is 0.620. The second-order valence-electron chi connectivity index (χ2n) is 6.20. The third-order valence-corrected chi connectivity index (χ3v) is 6.25. The van der Waals surface area contributed by atoms with Crippen molar-refractivity contribution < 1.29 is 4.79 Å². The SMILES string of the molecule is Nc1nc2c(N3CCN(C(=O)c4ccc(Cl)cc4Cl)CC3)c(Cl)ccc2s1. The van der Waals surface area contributed by atoms with Crippen LogP contribution in [0.1, 0.15) is 10.4 Å². The molecule has 0 bridgehead atoms. The molecule has 1 aliphatic heterocycles. The van der Waals surface area contributed by atoms with E-state index in [1.54, 1.807) is 23.1 Å². The van der Waals surface area contributed by atoms with Crippen LogP contribution in [-0.2, 0) is 0 Å². The van der Waals surface area contributed by atoms with Crippen LogP contribution in [0.15, 0.2) is 30.3 Å². The van der Waals surface area contributed by atoms with E-state index in [1.165, 1.54) is 11.3 Å². The number of nitrogens with zero attached hydrogens (tertiary/aromatic N) is 3. The number of benzene rings is 2. The van der Waals surface area contributed by atoms with E-state index in [4.69, 9.17) is 40.5 Å². The number of nitrogen functional groups attached to an aromatic ring is 1. The first-order valence-corrected chi connectivity index (χ1v) is 10.2. The molecule has 2 N–H and O–H groups in total. The van der Waals surface area contributed by atoms with Gasteiger partial charge in [0.2, 0.25) is 0 Å². The van der Waals surface area contributed by atoms with E-state index in [9.17, 15) is 4.79 Å². The highest BCUT2D eigenvalue weighted by molar-refractivity contribution is 7.22. The topological polar surface area (TPSA) is 62.5 Å². The smallest absolute Gasteiger partial charge is 0.255 e. The molecule has 0 spiro atoms. The predicted molar refractivity (Wildman–Crippen MR) is 114 cm³/mol. The number of hydrogen-bond donors (Lipinski definition) is 1. The van der Waals surface area contributed by atoms with Gasteiger partial charge in [0.1, 0.15) is 5.52 Å². The molecule has 1 aliphatic rings. The highest BCUT2D eigenvalue weighted by Crippen LogP contribution is 2.37. The van der Waals surface area contributed by atoms with Gasteiger partial charge in [0.25, 0.3) is 5.91 Å². The molecular weight excluding hydrogens is 427 g/mol. The summed E-state index contributed by atoms with van der Waals surface area (Å²) in [6, 6.07) is 8.71. The Morgan fingerprint density at radius 3 is 2.48 bits per heavy atom. The van der Waals surface area contributed by atoms with E-state index in [1.807, 2.05) is 12.1 Å². The van der Waals surface area contributed by atoms with Gasteiger partial charge < -0.3 is 15.5 Å². The van der Waals surface area contributed by atoms with Gasteiger partial charge in [-0.15, -0.1) is 0 Å². The summed E-state index contributed by atoms with van der Waals surface area (Å²) in [5.74, 6) is -0.0986. The van der Waals surface area contributed by atoms with Gasteiger partial charge in [-0.1, -0.05) is 46.1 Å². The molecular formula is C18H15Cl3N4OS. The van der Waals surface area contributed by atoms with Crippen LogP contribution in [0, 0.1) is 0 Å². The van der Waals surface area contributed by atoms with E-state index < -0.39 is 0 Å². The fraction of sp³-hybridized carbons (Fsp3) is 0.222. The normalized spacial score (nSPS) is 14.8. The zero-order valence-corrected chi connectivity index (χ0v) is 17.2. The minimum atomic E-state index is -0.0986. The van der Waals surface area contributed by atoms with Gasteiger partial charge in [0.15, 0.2) is 5.13 Å². The van der Waals surface area contributed by atoms with Crippen LogP contribution in [0.3, 0.4) is 0 Å². The van der Waals surface area contributed by atoms with E-state index in [-0.39, 0.29) is 5.91 Å². The molecule has 0 aliphatic carbocycles. The summed E-state index contributed by atoms with van der Waals surface area (Å²) in [4.78, 5) is 21.2. The van der Waals surface area contributed by atoms with Crippen molar-refractivity contribution in [2.45, 2.75) is 0 Å². The average molecular weight is 442 g/mol. The highest BCUT2D eigenvalue weighted by atomic mass is 35.5. The maximum Gasteiger partial charge on any atom is 0.255 e. The lowest BCUT2D eigenvalue weighted by molar-refractivity contribution is 0.0747. The van der Waals surface area contributed by atoms with Crippen molar-refractivity contribution in [1.82, 2.24) is 9.88 Å². The molecule has 9 heteroatoms. The van der Waals surface area contributed by atoms with Gasteiger partial charge in [-0.2, -0.15) is 0 Å². The number of thiazole rings is 1. The molecule has 3 aromatic rings. The number of anilines is 2. The number of fused-ring (bicyclic) bond motifs is 1. The number of piperazine rings is 1. The van der Waals surface area contributed by atoms with Crippen molar-refractivity contribution in [3.05, 3.63) is 51.0 Å². The van der Waals surface area contributed by atoms with Crippen LogP contribution in [0.4, 0.5) is 10.8 Å². The monoisotopic (exact) mass is 440 g/mol. The van der Waals surface area contributed by atoms with Crippen molar-refractivity contribution in [3.8, 4) is 0 Å². The number of halogens is 3. The Balaban J connectivity index is 1.54. The van der Waals surface area contributed by atoms with Gasteiger partial charge in [-0.3, -0.25) is 4.79 Å². The minimum absolute atomic E-state index is 0.0986. The molecule has 140 valence electrons. The number of carbonyl (C=O) groups is 1. The van der Waals surface area contributed by atoms with E-state index in [0.717, 1.165) is 15.9 Å². The maximum atomic E-state index is 12.8. The summed E-state index contributed by atoms with van der Waals surface area (Å²) < 4.78 is 0.998. The van der Waals surface area contributed by atoms with Crippen LogP contribution < -0.4 is 10.6 Å². The summed E-state index contributed by atoms with van der Waals surface area (Å²) in [7, 11) is 0. The second kappa shape index (κ2) is 7.36.